The van der Waals surface area contributed by atoms with Gasteiger partial charge in [-0.05, 0) is 84.2 Å². The monoisotopic (exact) mass is 1130 g/mol. The predicted molar refractivity (Wildman–Crippen MR) is 280 cm³/mol. The molecule has 0 spiro atoms. The standard InChI is InChI=1S/C26H54O22P4.C17H10OS.11H2/c1-2-3-4-5-6-7-8-9-10-11-12-13-14-15-20(28)44-19(16-42-18-27)17-43-52(40,41)48-23-21(29)24(45-49(31,32)33)26(47-51(37,38)39)25(22(23)30)46-50(34,35)36;1-3-5-6-7-8-9-10-11-12-13-14-16-19-17(18)15-4-2;;;;;;;;;;;/h19,21-27,29-30H,2-18H2,1H3,(H,40,41)(H2,31,32,33)(H2,34,35,36)(H2,37,38,39);4,15H2,1-2H3;11*1H/t19-,21-,22?,23?,24?,25+,26?;;;;;;;;;;;;/m1............/s1. The molecule has 0 saturated heterocycles. The number of esters is 1. The number of aliphatic hydroxyl groups excluding tert-OH is 3. The van der Waals surface area contributed by atoms with Crippen LogP contribution in [0.3, 0.4) is 0 Å². The van der Waals surface area contributed by atoms with Crippen LogP contribution >= 0.6 is 43.1 Å². The number of carbonyl (C=O) groups excluding carboxylic acids is 2. The first-order valence-electron chi connectivity index (χ1n) is 22.1. The molecule has 0 amide bonds. The number of unbranched alkanes of at least 4 members (excludes halogenated alkanes) is 12. The topological polar surface area (TPSA) is 369 Å². The number of phosphoric acid groups is 4. The highest BCUT2D eigenvalue weighted by atomic mass is 32.2. The Balaban J connectivity index is -0.000000141. The largest absolute Gasteiger partial charge is 0.472 e. The van der Waals surface area contributed by atoms with Crippen LogP contribution in [0.25, 0.3) is 0 Å². The van der Waals surface area contributed by atoms with Gasteiger partial charge in [-0.15, -0.1) is 0 Å². The van der Waals surface area contributed by atoms with Gasteiger partial charge in [-0.3, -0.25) is 32.2 Å². The van der Waals surface area contributed by atoms with Crippen LogP contribution in [0.4, 0.5) is 0 Å². The summed E-state index contributed by atoms with van der Waals surface area (Å²) in [6.07, 6.45) is -2.31. The van der Waals surface area contributed by atoms with E-state index in [0.717, 1.165) is 50.3 Å². The van der Waals surface area contributed by atoms with Crippen molar-refractivity contribution in [2.24, 2.45) is 0 Å². The van der Waals surface area contributed by atoms with E-state index in [9.17, 15) is 72.3 Å². The summed E-state index contributed by atoms with van der Waals surface area (Å²) in [5, 5.41) is 33.1. The van der Waals surface area contributed by atoms with Gasteiger partial charge in [-0.1, -0.05) is 96.8 Å². The van der Waals surface area contributed by atoms with Crippen LogP contribution in [0.2, 0.25) is 0 Å². The van der Waals surface area contributed by atoms with Gasteiger partial charge < -0.3 is 59.0 Å². The Hall–Kier alpha value is -2.87. The van der Waals surface area contributed by atoms with Crippen molar-refractivity contribution in [1.82, 2.24) is 0 Å². The Bertz CT molecular complexity index is 2200. The molecule has 0 bridgehead atoms. The highest BCUT2D eigenvalue weighted by molar-refractivity contribution is 8.17. The van der Waals surface area contributed by atoms with Crippen LogP contribution in [-0.2, 0) is 59.9 Å². The summed E-state index contributed by atoms with van der Waals surface area (Å²) in [5.74, 6) is 27.1. The molecule has 28 heteroatoms. The molecule has 71 heavy (non-hydrogen) atoms. The third-order valence-electron chi connectivity index (χ3n) is 8.98. The normalized spacial score (nSPS) is 19.7. The lowest BCUT2D eigenvalue weighted by Crippen LogP contribution is -2.65. The summed E-state index contributed by atoms with van der Waals surface area (Å²) in [5.41, 5.74) is 0. The maximum atomic E-state index is 12.9. The molecular formula is C43H86O23P4S. The lowest BCUT2D eigenvalue weighted by Gasteiger charge is -2.45. The smallest absolute Gasteiger partial charge is 0.457 e. The van der Waals surface area contributed by atoms with E-state index in [4.69, 9.17) is 23.6 Å². The summed E-state index contributed by atoms with van der Waals surface area (Å²) in [6.45, 7) is 3.47. The van der Waals surface area contributed by atoms with Crippen LogP contribution in [0.5, 0.6) is 0 Å². The molecule has 10 N–H and O–H groups in total. The van der Waals surface area contributed by atoms with E-state index in [0.29, 0.717) is 12.8 Å². The molecule has 1 saturated carbocycles. The van der Waals surface area contributed by atoms with Crippen LogP contribution in [0.15, 0.2) is 0 Å². The zero-order chi connectivity index (χ0) is 53.8. The molecule has 1 aliphatic rings. The van der Waals surface area contributed by atoms with Crippen molar-refractivity contribution in [3.8, 4) is 70.4 Å². The Morgan fingerprint density at radius 2 is 0.972 bits per heavy atom. The van der Waals surface area contributed by atoms with Gasteiger partial charge in [-0.25, -0.2) is 18.3 Å². The first-order valence-corrected chi connectivity index (χ1v) is 29.0. The second-order valence-electron chi connectivity index (χ2n) is 14.9. The number of hydrogen-bond donors (Lipinski definition) is 10. The molecule has 0 aromatic rings. The molecule has 23 nitrogen and oxygen atoms in total. The third-order valence-corrected chi connectivity index (χ3v) is 12.2. The van der Waals surface area contributed by atoms with Gasteiger partial charge in [0, 0.05) is 40.3 Å². The Labute approximate surface area is 435 Å². The quantitative estimate of drug-likeness (QED) is 0.0113. The van der Waals surface area contributed by atoms with Crippen LogP contribution in [-0.4, -0.2) is 123 Å². The maximum Gasteiger partial charge on any atom is 0.472 e. The van der Waals surface area contributed by atoms with Crippen LogP contribution in [0.1, 0.15) is 139 Å². The zero-order valence-corrected chi connectivity index (χ0v) is 43.8. The highest BCUT2D eigenvalue weighted by Gasteiger charge is 2.59. The number of thioether (sulfide) groups is 1. The fraction of sp³-hybridized carbons (Fsp3) is 0.674. The Kier molecular flexibility index (Phi) is 37.1. The Morgan fingerprint density at radius 3 is 1.39 bits per heavy atom. The van der Waals surface area contributed by atoms with Crippen molar-refractivity contribution in [3.05, 3.63) is 0 Å². The van der Waals surface area contributed by atoms with Gasteiger partial charge in [-0.2, -0.15) is 0 Å². The SMILES string of the molecule is CC#CC#CC#CC#CC#CC#CSC(=O)CCC.CCCCCCCCCCCCCCCC(=O)O[C@H](COCO)COP(=O)(O)OC1C(O)[C@H](OP(=O)(O)O)C(OP(=O)(O)O)C(OP(=O)(O)O)[C@@H]1O.[HH].[HH].[HH].[HH].[HH].[HH].[HH].[HH].[HH].[HH].[HH]. The Morgan fingerprint density at radius 1 is 0.549 bits per heavy atom. The second-order valence-corrected chi connectivity index (χ2v) is 20.8. The fourth-order valence-corrected chi connectivity index (χ4v) is 9.16. The van der Waals surface area contributed by atoms with Crippen molar-refractivity contribution in [2.75, 3.05) is 20.0 Å². The molecule has 422 valence electrons. The van der Waals surface area contributed by atoms with E-state index in [1.54, 1.807) is 6.92 Å². The highest BCUT2D eigenvalue weighted by Crippen LogP contribution is 2.53. The van der Waals surface area contributed by atoms with Crippen molar-refractivity contribution < 1.29 is 125 Å². The number of aliphatic hydroxyl groups is 3. The molecule has 0 radical (unpaired) electrons. The van der Waals surface area contributed by atoms with Crippen molar-refractivity contribution in [3.63, 3.8) is 0 Å². The van der Waals surface area contributed by atoms with Gasteiger partial charge in [0.05, 0.1) is 13.2 Å². The number of hydrogen-bond acceptors (Lipinski definition) is 17. The van der Waals surface area contributed by atoms with Gasteiger partial charge in [0.1, 0.15) is 49.5 Å². The second kappa shape index (κ2) is 38.7. The average molecular weight is 1130 g/mol. The average Bonchev–Trinajstić information content (AvgIpc) is 3.27. The van der Waals surface area contributed by atoms with Crippen molar-refractivity contribution in [1.29, 1.82) is 0 Å². The molecular weight excluding hydrogens is 1040 g/mol. The molecule has 0 aliphatic heterocycles. The minimum atomic E-state index is -5.75. The van der Waals surface area contributed by atoms with Gasteiger partial charge in [0.25, 0.3) is 0 Å². The maximum absolute atomic E-state index is 12.9. The van der Waals surface area contributed by atoms with Gasteiger partial charge >= 0.3 is 37.3 Å². The van der Waals surface area contributed by atoms with E-state index >= 15 is 0 Å². The van der Waals surface area contributed by atoms with E-state index in [2.05, 4.69) is 90.9 Å². The minimum Gasteiger partial charge on any atom is -0.457 e. The van der Waals surface area contributed by atoms with Crippen LogP contribution in [0, 0.1) is 70.4 Å². The molecule has 0 aromatic heterocycles. The fourth-order valence-electron chi connectivity index (χ4n) is 5.99. The summed E-state index contributed by atoms with van der Waals surface area (Å²) >= 11 is 0.971. The van der Waals surface area contributed by atoms with E-state index in [1.165, 1.54) is 44.9 Å². The molecule has 1 aliphatic carbocycles. The third kappa shape index (κ3) is 37.5. The summed E-state index contributed by atoms with van der Waals surface area (Å²) in [7, 11) is -22.8. The number of carbonyl (C=O) groups is 2. The van der Waals surface area contributed by atoms with E-state index < -0.39 is 100.0 Å². The lowest BCUT2D eigenvalue weighted by atomic mass is 9.85. The molecule has 5 unspecified atom stereocenters. The van der Waals surface area contributed by atoms with E-state index in [-0.39, 0.29) is 27.2 Å². The predicted octanol–water partition coefficient (Wildman–Crippen LogP) is 6.77. The molecule has 1 fully saturated rings. The molecule has 8 atom stereocenters. The lowest BCUT2D eigenvalue weighted by molar-refractivity contribution is -0.209. The summed E-state index contributed by atoms with van der Waals surface area (Å²) in [6, 6.07) is 0. The van der Waals surface area contributed by atoms with Gasteiger partial charge in [0.15, 0.2) is 0 Å². The first-order chi connectivity index (χ1) is 33.4. The summed E-state index contributed by atoms with van der Waals surface area (Å²) in [4.78, 5) is 89.5. The first kappa shape index (κ1) is 68.1. The van der Waals surface area contributed by atoms with Crippen molar-refractivity contribution in [2.45, 2.75) is 166 Å². The van der Waals surface area contributed by atoms with Crippen LogP contribution < -0.4 is 0 Å². The summed E-state index contributed by atoms with van der Waals surface area (Å²) < 4.78 is 79.8. The number of ether oxygens (including phenoxy) is 2. The minimum absolute atomic E-state index is 0. The molecule has 0 aromatic carbocycles. The van der Waals surface area contributed by atoms with E-state index in [1.807, 2.05) is 6.92 Å². The molecule has 0 heterocycles. The number of rotatable bonds is 31. The van der Waals surface area contributed by atoms with Gasteiger partial charge in [0.2, 0.25) is 5.12 Å². The molecule has 1 rings (SSSR count). The zero-order valence-electron chi connectivity index (χ0n) is 39.5. The number of phosphoric ester groups is 4. The van der Waals surface area contributed by atoms with Crippen molar-refractivity contribution >= 4 is 54.1 Å².